The van der Waals surface area contributed by atoms with Crippen LogP contribution in [0.4, 0.5) is 5.69 Å². The summed E-state index contributed by atoms with van der Waals surface area (Å²) in [6, 6.07) is 10.2. The van der Waals surface area contributed by atoms with E-state index in [1.54, 1.807) is 13.1 Å². The van der Waals surface area contributed by atoms with Crippen LogP contribution in [0, 0.1) is 6.92 Å². The molecule has 0 saturated carbocycles. The normalized spacial score (nSPS) is 13.2. The van der Waals surface area contributed by atoms with Crippen molar-refractivity contribution in [1.82, 2.24) is 10.6 Å². The molecule has 1 aliphatic heterocycles. The minimum atomic E-state index is -0.166. The number of halogens is 1. The molecule has 0 fully saturated rings. The number of anilines is 1. The van der Waals surface area contributed by atoms with Gasteiger partial charge in [0.2, 0.25) is 0 Å². The van der Waals surface area contributed by atoms with Crippen LogP contribution in [0.2, 0.25) is 0 Å². The van der Waals surface area contributed by atoms with Gasteiger partial charge in [-0.05, 0) is 37.5 Å². The fourth-order valence-electron chi connectivity index (χ4n) is 3.03. The van der Waals surface area contributed by atoms with E-state index in [2.05, 4.69) is 44.8 Å². The number of nitrogens with one attached hydrogen (secondary N) is 2. The van der Waals surface area contributed by atoms with E-state index in [4.69, 9.17) is 4.42 Å². The lowest BCUT2D eigenvalue weighted by Crippen LogP contribution is -2.41. The molecule has 0 aliphatic carbocycles. The smallest absolute Gasteiger partial charge is 0.287 e. The van der Waals surface area contributed by atoms with Crippen LogP contribution < -0.4 is 15.5 Å². The van der Waals surface area contributed by atoms with Crippen LogP contribution in [-0.4, -0.2) is 38.5 Å². The molecule has 0 radical (unpaired) electrons. The number of hydrogen-bond acceptors (Lipinski definition) is 3. The van der Waals surface area contributed by atoms with E-state index in [0.29, 0.717) is 12.3 Å². The molecule has 0 spiro atoms. The Hall–Kier alpha value is -2.03. The molecule has 6 nitrogen and oxygen atoms in total. The topological polar surface area (TPSA) is 69.9 Å². The standard InChI is InChI=1S/C19H24N4O2.HI/c1-14-9-13-25-17(14)18(24)21-10-5-11-22-19(20-2)23-12-8-15-6-3-4-7-16(15)23;/h3-4,6-7,9,13H,5,8,10-12H2,1-2H3,(H,20,22)(H,21,24);1H. The number of guanidine groups is 1. The van der Waals surface area contributed by atoms with E-state index in [0.717, 1.165) is 37.5 Å². The summed E-state index contributed by atoms with van der Waals surface area (Å²) in [6.07, 6.45) is 3.37. The van der Waals surface area contributed by atoms with Crippen LogP contribution in [-0.2, 0) is 6.42 Å². The monoisotopic (exact) mass is 468 g/mol. The van der Waals surface area contributed by atoms with Crippen molar-refractivity contribution >= 4 is 41.5 Å². The molecular weight excluding hydrogens is 443 g/mol. The van der Waals surface area contributed by atoms with E-state index >= 15 is 0 Å². The van der Waals surface area contributed by atoms with Crippen LogP contribution in [0.1, 0.15) is 28.1 Å². The molecule has 26 heavy (non-hydrogen) atoms. The Bertz CT molecular complexity index is 772. The average molecular weight is 468 g/mol. The second-order valence-electron chi connectivity index (χ2n) is 6.05. The number of amides is 1. The molecule has 0 unspecified atom stereocenters. The van der Waals surface area contributed by atoms with Gasteiger partial charge in [-0.15, -0.1) is 24.0 Å². The first-order valence-electron chi connectivity index (χ1n) is 8.59. The minimum Gasteiger partial charge on any atom is -0.459 e. The summed E-state index contributed by atoms with van der Waals surface area (Å²) in [5.74, 6) is 1.09. The molecule has 0 bridgehead atoms. The molecule has 2 aromatic rings. The van der Waals surface area contributed by atoms with E-state index < -0.39 is 0 Å². The lowest BCUT2D eigenvalue weighted by molar-refractivity contribution is 0.0925. The number of para-hydroxylation sites is 1. The van der Waals surface area contributed by atoms with E-state index in [1.165, 1.54) is 17.5 Å². The van der Waals surface area contributed by atoms with Gasteiger partial charge in [0.05, 0.1) is 6.26 Å². The molecule has 0 saturated heterocycles. The van der Waals surface area contributed by atoms with Crippen LogP contribution in [0.5, 0.6) is 0 Å². The van der Waals surface area contributed by atoms with E-state index in [9.17, 15) is 4.79 Å². The highest BCUT2D eigenvalue weighted by molar-refractivity contribution is 14.0. The molecule has 2 heterocycles. The SMILES string of the molecule is CN=C(NCCCNC(=O)c1occc1C)N1CCc2ccccc21.I. The Labute approximate surface area is 171 Å². The van der Waals surface area contributed by atoms with Gasteiger partial charge in [0, 0.05) is 37.9 Å². The summed E-state index contributed by atoms with van der Waals surface area (Å²) < 4.78 is 5.19. The van der Waals surface area contributed by atoms with Gasteiger partial charge in [-0.3, -0.25) is 9.79 Å². The summed E-state index contributed by atoms with van der Waals surface area (Å²) in [7, 11) is 1.80. The quantitative estimate of drug-likeness (QED) is 0.307. The van der Waals surface area contributed by atoms with Gasteiger partial charge in [0.15, 0.2) is 11.7 Å². The number of benzene rings is 1. The van der Waals surface area contributed by atoms with Gasteiger partial charge >= 0.3 is 0 Å². The maximum atomic E-state index is 12.0. The number of carbonyl (C=O) groups excluding carboxylic acids is 1. The minimum absolute atomic E-state index is 0. The third-order valence-corrected chi connectivity index (χ3v) is 4.35. The number of hydrogen-bond donors (Lipinski definition) is 2. The molecular formula is C19H25IN4O2. The number of rotatable bonds is 5. The van der Waals surface area contributed by atoms with Gasteiger partial charge < -0.3 is 20.0 Å². The number of carbonyl (C=O) groups is 1. The van der Waals surface area contributed by atoms with E-state index in [1.807, 2.05) is 6.92 Å². The summed E-state index contributed by atoms with van der Waals surface area (Å²) >= 11 is 0. The first-order chi connectivity index (χ1) is 12.2. The summed E-state index contributed by atoms with van der Waals surface area (Å²) in [6.45, 7) is 4.12. The number of furan rings is 1. The third kappa shape index (κ3) is 4.57. The van der Waals surface area contributed by atoms with Crippen molar-refractivity contribution in [3.63, 3.8) is 0 Å². The van der Waals surface area contributed by atoms with Gasteiger partial charge in [-0.2, -0.15) is 0 Å². The molecule has 1 amide bonds. The van der Waals surface area contributed by atoms with Crippen LogP contribution in [0.15, 0.2) is 46.0 Å². The first kappa shape index (κ1) is 20.3. The predicted octanol–water partition coefficient (Wildman–Crippen LogP) is 2.96. The van der Waals surface area contributed by atoms with Crippen molar-refractivity contribution in [2.24, 2.45) is 4.99 Å². The molecule has 1 aliphatic rings. The fourth-order valence-corrected chi connectivity index (χ4v) is 3.03. The lowest BCUT2D eigenvalue weighted by Gasteiger charge is -2.22. The van der Waals surface area contributed by atoms with Crippen molar-refractivity contribution in [2.45, 2.75) is 19.8 Å². The Kier molecular flexibility index (Phi) is 7.50. The van der Waals surface area contributed by atoms with Crippen molar-refractivity contribution in [1.29, 1.82) is 0 Å². The zero-order valence-corrected chi connectivity index (χ0v) is 17.4. The Morgan fingerprint density at radius 1 is 1.23 bits per heavy atom. The Morgan fingerprint density at radius 2 is 2.00 bits per heavy atom. The fraction of sp³-hybridized carbons (Fsp3) is 0.368. The highest BCUT2D eigenvalue weighted by Crippen LogP contribution is 2.27. The molecule has 1 aromatic carbocycles. The van der Waals surface area contributed by atoms with Crippen LogP contribution in [0.25, 0.3) is 0 Å². The first-order valence-corrected chi connectivity index (χ1v) is 8.59. The largest absolute Gasteiger partial charge is 0.459 e. The molecule has 2 N–H and O–H groups in total. The summed E-state index contributed by atoms with van der Waals surface area (Å²) in [5.41, 5.74) is 3.42. The van der Waals surface area contributed by atoms with Crippen molar-refractivity contribution in [3.8, 4) is 0 Å². The van der Waals surface area contributed by atoms with Crippen molar-refractivity contribution < 1.29 is 9.21 Å². The number of aryl methyl sites for hydroxylation is 1. The maximum Gasteiger partial charge on any atom is 0.287 e. The number of nitrogens with zero attached hydrogens (tertiary/aromatic N) is 2. The third-order valence-electron chi connectivity index (χ3n) is 4.35. The molecule has 140 valence electrons. The van der Waals surface area contributed by atoms with Crippen molar-refractivity contribution in [2.75, 3.05) is 31.6 Å². The average Bonchev–Trinajstić information content (AvgIpc) is 3.24. The summed E-state index contributed by atoms with van der Waals surface area (Å²) in [5, 5.41) is 6.25. The van der Waals surface area contributed by atoms with Crippen molar-refractivity contribution in [3.05, 3.63) is 53.5 Å². The molecule has 3 rings (SSSR count). The zero-order chi connectivity index (χ0) is 17.6. The zero-order valence-electron chi connectivity index (χ0n) is 15.1. The Balaban J connectivity index is 0.00000243. The molecule has 1 aromatic heterocycles. The van der Waals surface area contributed by atoms with Gasteiger partial charge in [0.1, 0.15) is 0 Å². The van der Waals surface area contributed by atoms with Gasteiger partial charge in [-0.1, -0.05) is 18.2 Å². The number of fused-ring (bicyclic) bond motifs is 1. The predicted molar refractivity (Wildman–Crippen MR) is 115 cm³/mol. The molecule has 0 atom stereocenters. The molecule has 7 heteroatoms. The Morgan fingerprint density at radius 3 is 2.73 bits per heavy atom. The van der Waals surface area contributed by atoms with E-state index in [-0.39, 0.29) is 29.9 Å². The highest BCUT2D eigenvalue weighted by atomic mass is 127. The van der Waals surface area contributed by atoms with Crippen LogP contribution >= 0.6 is 24.0 Å². The second-order valence-corrected chi connectivity index (χ2v) is 6.05. The lowest BCUT2D eigenvalue weighted by atomic mass is 10.2. The number of aliphatic imine (C=N–C) groups is 1. The highest BCUT2D eigenvalue weighted by Gasteiger charge is 2.22. The maximum absolute atomic E-state index is 12.0. The summed E-state index contributed by atoms with van der Waals surface area (Å²) in [4.78, 5) is 18.6. The van der Waals surface area contributed by atoms with Gasteiger partial charge in [0.25, 0.3) is 5.91 Å². The second kappa shape index (κ2) is 9.61. The van der Waals surface area contributed by atoms with Gasteiger partial charge in [-0.25, -0.2) is 0 Å². The van der Waals surface area contributed by atoms with Crippen LogP contribution in [0.3, 0.4) is 0 Å².